The smallest absolute Gasteiger partial charge is 0 e. The fraction of sp³-hybridized carbons (Fsp3) is 0. The van der Waals surface area contributed by atoms with E-state index in [1.54, 1.807) is 0 Å². The molecule has 0 saturated heterocycles. The van der Waals surface area contributed by atoms with Gasteiger partial charge in [-0.25, -0.2) is 0 Å². The van der Waals surface area contributed by atoms with E-state index in [1.807, 2.05) is 0 Å². The molecule has 0 aliphatic heterocycles. The van der Waals surface area contributed by atoms with Gasteiger partial charge in [-0.2, -0.15) is 0 Å². The normalized spacial score (nSPS) is 0. The Hall–Kier alpha value is 1.75. The zero-order chi connectivity index (χ0) is 0. The van der Waals surface area contributed by atoms with Crippen molar-refractivity contribution in [1.82, 2.24) is 0 Å². The quantitative estimate of drug-likeness (QED) is 0.397. The van der Waals surface area contributed by atoms with Crippen molar-refractivity contribution >= 4 is 45.6 Å². The molecule has 32 valence electrons. The summed E-state index contributed by atoms with van der Waals surface area (Å²) in [6, 6.07) is 0. The van der Waals surface area contributed by atoms with Gasteiger partial charge < -0.3 is 5.48 Å². The van der Waals surface area contributed by atoms with Gasteiger partial charge in [0.2, 0.25) is 0 Å². The predicted octanol–water partition coefficient (Wildman–Crippen LogP) is -4.65. The van der Waals surface area contributed by atoms with Crippen molar-refractivity contribution in [2.45, 2.75) is 0 Å². The van der Waals surface area contributed by atoms with E-state index in [0.29, 0.717) is 0 Å². The van der Waals surface area contributed by atoms with Crippen molar-refractivity contribution in [3.8, 4) is 0 Å². The monoisotopic (exact) mass is 340 g/mol. The molecule has 0 aromatic rings. The van der Waals surface area contributed by atoms with Crippen LogP contribution in [0.2, 0.25) is 0 Å². The van der Waals surface area contributed by atoms with Gasteiger partial charge in [-0.1, -0.05) is 0 Å². The van der Waals surface area contributed by atoms with Crippen LogP contribution < -0.4 is 0 Å². The maximum atomic E-state index is 0. The maximum Gasteiger partial charge on any atom is 0 e. The van der Waals surface area contributed by atoms with E-state index in [1.165, 1.54) is 0 Å². The van der Waals surface area contributed by atoms with Gasteiger partial charge in [0, 0.05) is 19.5 Å². The number of hydrogen-bond donors (Lipinski definition) is 0. The molecule has 0 atom stereocenters. The van der Waals surface area contributed by atoms with Crippen molar-refractivity contribution in [3.63, 3.8) is 0 Å². The van der Waals surface area contributed by atoms with E-state index >= 15 is 0 Å². The zero-order valence-corrected chi connectivity index (χ0v) is 10.4. The van der Waals surface area contributed by atoms with Crippen LogP contribution in [0.3, 0.4) is 0 Å². The number of hydrogen-bond acceptors (Lipinski definition) is 0. The Morgan fingerprint density at radius 1 is 1.00 bits per heavy atom. The first-order chi connectivity index (χ1) is 0. The first-order valence-electron chi connectivity index (χ1n) is 0. The summed E-state index contributed by atoms with van der Waals surface area (Å²) in [6.07, 6.45) is 0. The molecule has 0 aliphatic rings. The van der Waals surface area contributed by atoms with Crippen molar-refractivity contribution in [1.29, 1.82) is 0 Å². The summed E-state index contributed by atoms with van der Waals surface area (Å²) >= 11 is 0. The fourth-order valence-electron chi connectivity index (χ4n) is 0. The van der Waals surface area contributed by atoms with Gasteiger partial charge in [0.1, 0.15) is 0 Å². The molecular formula is H12BBiOSiZn. The molecule has 5 heteroatoms. The summed E-state index contributed by atoms with van der Waals surface area (Å²) in [6.45, 7) is 0. The van der Waals surface area contributed by atoms with Crippen LogP contribution in [0.1, 0.15) is 0 Å². The van der Waals surface area contributed by atoms with E-state index in [9.17, 15) is 0 Å². The van der Waals surface area contributed by atoms with E-state index in [-0.39, 0.29) is 70.5 Å². The number of rotatable bonds is 0. The third-order valence-electron chi connectivity index (χ3n) is 0. The minimum atomic E-state index is 0. The maximum absolute atomic E-state index is 0. The van der Waals surface area contributed by atoms with E-state index < -0.39 is 0 Å². The first-order valence-corrected chi connectivity index (χ1v) is 0. The first kappa shape index (κ1) is 73.0. The third-order valence-corrected chi connectivity index (χ3v) is 0. The van der Waals surface area contributed by atoms with E-state index in [0.717, 1.165) is 0 Å². The van der Waals surface area contributed by atoms with Crippen LogP contribution in [0.25, 0.3) is 0 Å². The Morgan fingerprint density at radius 2 is 1.00 bits per heavy atom. The SMILES string of the molecule is B.O.[BiH3].[SiH4].[Zn]. The van der Waals surface area contributed by atoms with Gasteiger partial charge in [0.05, 0.1) is 8.41 Å². The topological polar surface area (TPSA) is 31.5 Å². The molecule has 0 bridgehead atoms. The molecule has 0 radical (unpaired) electrons. The Kier molecular flexibility index (Phi) is 619. The van der Waals surface area contributed by atoms with Crippen LogP contribution >= 0.6 is 0 Å². The summed E-state index contributed by atoms with van der Waals surface area (Å²) in [5.41, 5.74) is 0. The third kappa shape index (κ3) is 26.4. The minimum Gasteiger partial charge on any atom is -0.0149 e. The van der Waals surface area contributed by atoms with Gasteiger partial charge in [0.25, 0.3) is 0 Å². The van der Waals surface area contributed by atoms with Crippen LogP contribution in [0, 0.1) is 0 Å². The molecule has 0 aromatic carbocycles. The second-order valence-electron chi connectivity index (χ2n) is 0. The van der Waals surface area contributed by atoms with Crippen molar-refractivity contribution in [3.05, 3.63) is 0 Å². The standard InChI is InChI=1S/BH3.Bi.H2O.H4Si.Zn.3H/h1H3;;1H2;1H4;;;;. The fourth-order valence-corrected chi connectivity index (χ4v) is 0. The molecule has 0 aliphatic carbocycles. The summed E-state index contributed by atoms with van der Waals surface area (Å²) in [5.74, 6) is 0. The van der Waals surface area contributed by atoms with Gasteiger partial charge in [-0.05, 0) is 11.0 Å². The van der Waals surface area contributed by atoms with Crippen LogP contribution in [0.4, 0.5) is 0 Å². The molecule has 0 amide bonds. The summed E-state index contributed by atoms with van der Waals surface area (Å²) < 4.78 is 0. The molecule has 0 fully saturated rings. The molecule has 0 rings (SSSR count). The summed E-state index contributed by atoms with van der Waals surface area (Å²) in [5, 5.41) is 0. The molecule has 0 heterocycles. The molecule has 0 unspecified atom stereocenters. The van der Waals surface area contributed by atoms with Crippen molar-refractivity contribution in [2.75, 3.05) is 0 Å². The Bertz CT molecular complexity index is 11.6. The molecule has 0 aromatic heterocycles. The summed E-state index contributed by atoms with van der Waals surface area (Å²) in [4.78, 5) is 0. The Balaban J connectivity index is 0. The molecular weight excluding hydrogens is 329 g/mol. The Labute approximate surface area is 70.1 Å². The molecule has 0 saturated carbocycles. The second-order valence-corrected chi connectivity index (χ2v) is 0. The second kappa shape index (κ2) is 42.4. The van der Waals surface area contributed by atoms with Gasteiger partial charge in [-0.3, -0.25) is 0 Å². The molecule has 2 N–H and O–H groups in total. The van der Waals surface area contributed by atoms with E-state index in [4.69, 9.17) is 0 Å². The van der Waals surface area contributed by atoms with Crippen LogP contribution in [-0.2, 0) is 19.5 Å². The van der Waals surface area contributed by atoms with Gasteiger partial charge in [0.15, 0.2) is 0 Å². The zero-order valence-electron chi connectivity index (χ0n) is 1.91. The van der Waals surface area contributed by atoms with Gasteiger partial charge in [-0.15, -0.1) is 0 Å². The molecule has 5 heavy (non-hydrogen) atoms. The molecule has 1 nitrogen and oxygen atoms in total. The average Bonchev–Trinajstić information content (AvgIpc) is 0. The molecule has 0 spiro atoms. The van der Waals surface area contributed by atoms with Crippen LogP contribution in [0.15, 0.2) is 0 Å². The van der Waals surface area contributed by atoms with Crippen molar-refractivity contribution < 1.29 is 25.0 Å². The van der Waals surface area contributed by atoms with Crippen molar-refractivity contribution in [2.24, 2.45) is 0 Å². The minimum absolute atomic E-state index is 0. The van der Waals surface area contributed by atoms with Crippen LogP contribution in [0.5, 0.6) is 0 Å². The average molecular weight is 341 g/mol. The van der Waals surface area contributed by atoms with Gasteiger partial charge >= 0.3 is 26.2 Å². The summed E-state index contributed by atoms with van der Waals surface area (Å²) in [7, 11) is 0. The predicted molar refractivity (Wildman–Crippen MR) is 34.8 cm³/mol. The van der Waals surface area contributed by atoms with E-state index in [2.05, 4.69) is 0 Å². The van der Waals surface area contributed by atoms with Crippen LogP contribution in [-0.4, -0.2) is 51.1 Å². The Morgan fingerprint density at radius 3 is 1.00 bits per heavy atom. The largest absolute Gasteiger partial charge is 0.0149 e.